The average molecular weight is 189 g/mol. The van der Waals surface area contributed by atoms with Crippen molar-refractivity contribution in [2.45, 2.75) is 24.7 Å². The number of para-hydroxylation sites is 1. The van der Waals surface area contributed by atoms with Crippen LogP contribution in [-0.2, 0) is 10.2 Å². The van der Waals surface area contributed by atoms with Crippen molar-refractivity contribution in [2.75, 3.05) is 12.4 Å². The van der Waals surface area contributed by atoms with Gasteiger partial charge in [0.2, 0.25) is 0 Å². The topological polar surface area (TPSA) is 29.1 Å². The van der Waals surface area contributed by atoms with Crippen LogP contribution in [0.4, 0.5) is 5.69 Å². The molecule has 1 fully saturated rings. The maximum Gasteiger partial charge on any atom is 0.130 e. The fourth-order valence-corrected chi connectivity index (χ4v) is 2.14. The molecule has 0 heterocycles. The minimum absolute atomic E-state index is 0.195. The average Bonchev–Trinajstić information content (AvgIpc) is 2.18. The van der Waals surface area contributed by atoms with Gasteiger partial charge in [-0.05, 0) is 24.5 Å². The third-order valence-corrected chi connectivity index (χ3v) is 3.20. The first kappa shape index (κ1) is 9.25. The molecular weight excluding hydrogens is 174 g/mol. The van der Waals surface area contributed by atoms with Gasteiger partial charge in [-0.2, -0.15) is 0 Å². The molecule has 2 rings (SSSR count). The Hall–Kier alpha value is -1.31. The first-order chi connectivity index (χ1) is 6.82. The van der Waals surface area contributed by atoms with Crippen LogP contribution in [0.25, 0.3) is 0 Å². The Bertz CT molecular complexity index is 342. The Balaban J connectivity index is 2.43. The van der Waals surface area contributed by atoms with Crippen molar-refractivity contribution in [3.05, 3.63) is 29.8 Å². The van der Waals surface area contributed by atoms with Gasteiger partial charge in [0.1, 0.15) is 6.29 Å². The molecule has 1 aliphatic rings. The van der Waals surface area contributed by atoms with E-state index in [2.05, 4.69) is 11.4 Å². The van der Waals surface area contributed by atoms with E-state index in [4.69, 9.17) is 0 Å². The second-order valence-electron chi connectivity index (χ2n) is 3.92. The second-order valence-corrected chi connectivity index (χ2v) is 3.92. The molecule has 2 heteroatoms. The lowest BCUT2D eigenvalue weighted by atomic mass is 9.65. The van der Waals surface area contributed by atoms with Gasteiger partial charge in [0, 0.05) is 12.7 Å². The number of nitrogens with one attached hydrogen (secondary N) is 1. The maximum absolute atomic E-state index is 11.1. The highest BCUT2D eigenvalue weighted by Crippen LogP contribution is 2.44. The highest BCUT2D eigenvalue weighted by Gasteiger charge is 2.39. The summed E-state index contributed by atoms with van der Waals surface area (Å²) in [6, 6.07) is 8.07. The smallest absolute Gasteiger partial charge is 0.130 e. The molecule has 0 spiro atoms. The Labute approximate surface area is 84.3 Å². The Morgan fingerprint density at radius 1 is 1.36 bits per heavy atom. The van der Waals surface area contributed by atoms with Crippen molar-refractivity contribution in [3.8, 4) is 0 Å². The van der Waals surface area contributed by atoms with Crippen LogP contribution in [0.1, 0.15) is 24.8 Å². The molecule has 14 heavy (non-hydrogen) atoms. The minimum atomic E-state index is -0.195. The number of carbonyl (C=O) groups is 1. The fraction of sp³-hybridized carbons (Fsp3) is 0.417. The lowest BCUT2D eigenvalue weighted by Crippen LogP contribution is -2.36. The van der Waals surface area contributed by atoms with E-state index in [0.717, 1.165) is 36.8 Å². The summed E-state index contributed by atoms with van der Waals surface area (Å²) in [4.78, 5) is 11.1. The van der Waals surface area contributed by atoms with Gasteiger partial charge in [-0.3, -0.25) is 0 Å². The first-order valence-corrected chi connectivity index (χ1v) is 5.06. The number of anilines is 1. The monoisotopic (exact) mass is 189 g/mol. The third-order valence-electron chi connectivity index (χ3n) is 3.20. The van der Waals surface area contributed by atoms with Gasteiger partial charge in [0.05, 0.1) is 5.41 Å². The summed E-state index contributed by atoms with van der Waals surface area (Å²) >= 11 is 0. The zero-order valence-electron chi connectivity index (χ0n) is 8.42. The van der Waals surface area contributed by atoms with Crippen LogP contribution in [0.5, 0.6) is 0 Å². The van der Waals surface area contributed by atoms with Crippen LogP contribution >= 0.6 is 0 Å². The molecule has 1 aliphatic carbocycles. The second kappa shape index (κ2) is 3.45. The molecule has 2 nitrogen and oxygen atoms in total. The number of carbonyl (C=O) groups excluding carboxylic acids is 1. The predicted molar refractivity (Wildman–Crippen MR) is 57.6 cm³/mol. The summed E-state index contributed by atoms with van der Waals surface area (Å²) in [6.45, 7) is 0. The van der Waals surface area contributed by atoms with Crippen LogP contribution in [0.15, 0.2) is 24.3 Å². The number of benzene rings is 1. The quantitative estimate of drug-likeness (QED) is 0.739. The maximum atomic E-state index is 11.1. The molecule has 0 amide bonds. The van der Waals surface area contributed by atoms with Crippen LogP contribution in [-0.4, -0.2) is 13.3 Å². The summed E-state index contributed by atoms with van der Waals surface area (Å²) in [7, 11) is 1.90. The summed E-state index contributed by atoms with van der Waals surface area (Å²) in [6.07, 6.45) is 4.27. The zero-order chi connectivity index (χ0) is 10.0. The van der Waals surface area contributed by atoms with E-state index >= 15 is 0 Å². The zero-order valence-corrected chi connectivity index (χ0v) is 8.42. The molecule has 0 aliphatic heterocycles. The number of hydrogen-bond acceptors (Lipinski definition) is 2. The molecule has 0 unspecified atom stereocenters. The van der Waals surface area contributed by atoms with E-state index < -0.39 is 0 Å². The van der Waals surface area contributed by atoms with E-state index in [0.29, 0.717) is 0 Å². The van der Waals surface area contributed by atoms with Crippen LogP contribution < -0.4 is 5.32 Å². The van der Waals surface area contributed by atoms with Crippen molar-refractivity contribution in [2.24, 2.45) is 0 Å². The van der Waals surface area contributed by atoms with Gasteiger partial charge in [0.15, 0.2) is 0 Å². The van der Waals surface area contributed by atoms with Gasteiger partial charge in [-0.1, -0.05) is 24.6 Å². The third kappa shape index (κ3) is 1.22. The fourth-order valence-electron chi connectivity index (χ4n) is 2.14. The Kier molecular flexibility index (Phi) is 2.28. The van der Waals surface area contributed by atoms with Gasteiger partial charge >= 0.3 is 0 Å². The SMILES string of the molecule is CNc1ccccc1C1(C=O)CCC1. The normalized spacial score (nSPS) is 18.4. The molecular formula is C12H15NO. The van der Waals surface area contributed by atoms with Crippen LogP contribution in [0.2, 0.25) is 0 Å². The largest absolute Gasteiger partial charge is 0.388 e. The molecule has 74 valence electrons. The van der Waals surface area contributed by atoms with Crippen molar-refractivity contribution in [1.29, 1.82) is 0 Å². The summed E-state index contributed by atoms with van der Waals surface area (Å²) in [5.74, 6) is 0. The molecule has 0 atom stereocenters. The van der Waals surface area contributed by atoms with Gasteiger partial charge in [0.25, 0.3) is 0 Å². The van der Waals surface area contributed by atoms with Crippen LogP contribution in [0, 0.1) is 0 Å². The molecule has 1 aromatic carbocycles. The molecule has 1 saturated carbocycles. The highest BCUT2D eigenvalue weighted by atomic mass is 16.1. The summed E-state index contributed by atoms with van der Waals surface area (Å²) in [5.41, 5.74) is 2.04. The molecule has 0 bridgehead atoms. The van der Waals surface area contributed by atoms with Gasteiger partial charge in [-0.15, -0.1) is 0 Å². The summed E-state index contributed by atoms with van der Waals surface area (Å²) < 4.78 is 0. The van der Waals surface area contributed by atoms with E-state index in [9.17, 15) is 4.79 Å². The van der Waals surface area contributed by atoms with Crippen molar-refractivity contribution in [1.82, 2.24) is 0 Å². The van der Waals surface area contributed by atoms with Gasteiger partial charge in [-0.25, -0.2) is 0 Å². The van der Waals surface area contributed by atoms with Crippen molar-refractivity contribution >= 4 is 12.0 Å². The van der Waals surface area contributed by atoms with Crippen molar-refractivity contribution < 1.29 is 4.79 Å². The van der Waals surface area contributed by atoms with E-state index in [1.54, 1.807) is 0 Å². The first-order valence-electron chi connectivity index (χ1n) is 5.06. The highest BCUT2D eigenvalue weighted by molar-refractivity contribution is 5.75. The Morgan fingerprint density at radius 2 is 2.07 bits per heavy atom. The molecule has 1 aromatic rings. The van der Waals surface area contributed by atoms with E-state index in [1.165, 1.54) is 0 Å². The predicted octanol–water partition coefficient (Wildman–Crippen LogP) is 2.35. The number of aldehydes is 1. The van der Waals surface area contributed by atoms with Gasteiger partial charge < -0.3 is 10.1 Å². The summed E-state index contributed by atoms with van der Waals surface area (Å²) in [5, 5.41) is 3.14. The number of hydrogen-bond donors (Lipinski definition) is 1. The lowest BCUT2D eigenvalue weighted by Gasteiger charge is -2.38. The molecule has 0 saturated heterocycles. The van der Waals surface area contributed by atoms with Crippen molar-refractivity contribution in [3.63, 3.8) is 0 Å². The Morgan fingerprint density at radius 3 is 2.57 bits per heavy atom. The standard InChI is InChI=1S/C12H15NO/c1-13-11-6-3-2-5-10(11)12(9-14)7-4-8-12/h2-3,5-6,9,13H,4,7-8H2,1H3. The van der Waals surface area contributed by atoms with Crippen LogP contribution in [0.3, 0.4) is 0 Å². The molecule has 1 N–H and O–H groups in total. The lowest BCUT2D eigenvalue weighted by molar-refractivity contribution is -0.115. The number of rotatable bonds is 3. The minimum Gasteiger partial charge on any atom is -0.388 e. The van der Waals surface area contributed by atoms with E-state index in [-0.39, 0.29) is 5.41 Å². The molecule has 0 radical (unpaired) electrons. The van der Waals surface area contributed by atoms with E-state index in [1.807, 2.05) is 25.2 Å². The molecule has 0 aromatic heterocycles.